The van der Waals surface area contributed by atoms with Gasteiger partial charge in [-0.1, -0.05) is 18.2 Å². The average molecular weight is 455 g/mol. The van der Waals surface area contributed by atoms with Crippen molar-refractivity contribution in [1.82, 2.24) is 0 Å². The van der Waals surface area contributed by atoms with Crippen LogP contribution >= 0.6 is 11.8 Å². The lowest BCUT2D eigenvalue weighted by Crippen LogP contribution is -2.22. The fourth-order valence-electron chi connectivity index (χ4n) is 2.87. The number of hydrogen-bond donors (Lipinski definition) is 2. The molecule has 0 radical (unpaired) electrons. The number of amides is 2. The number of halogens is 1. The largest absolute Gasteiger partial charge is 0.497 e. The number of hydrogen-bond acceptors (Lipinski definition) is 5. The van der Waals surface area contributed by atoms with E-state index in [1.54, 1.807) is 49.4 Å². The molecule has 1 unspecified atom stereocenters. The van der Waals surface area contributed by atoms with Crippen LogP contribution in [-0.4, -0.2) is 31.3 Å². The van der Waals surface area contributed by atoms with Gasteiger partial charge in [0, 0.05) is 34.5 Å². The summed E-state index contributed by atoms with van der Waals surface area (Å²) in [5.74, 6) is -0.194. The van der Waals surface area contributed by atoms with Crippen LogP contribution in [0.4, 0.5) is 15.8 Å². The third-order valence-electron chi connectivity index (χ3n) is 4.51. The highest BCUT2D eigenvalue weighted by molar-refractivity contribution is 8.00. The summed E-state index contributed by atoms with van der Waals surface area (Å²) in [7, 11) is 3.08. The Morgan fingerprint density at radius 3 is 2.22 bits per heavy atom. The molecule has 3 aromatic rings. The van der Waals surface area contributed by atoms with Gasteiger partial charge in [-0.25, -0.2) is 4.39 Å². The summed E-state index contributed by atoms with van der Waals surface area (Å²) in [5.41, 5.74) is 1.03. The van der Waals surface area contributed by atoms with Crippen molar-refractivity contribution in [2.75, 3.05) is 24.9 Å². The SMILES string of the molecule is COc1cc(NC(=O)C(C)Sc2cccc(NC(=O)c3ccccc3F)c2)cc(OC)c1. The molecule has 0 bridgehead atoms. The van der Waals surface area contributed by atoms with Gasteiger partial charge in [0.25, 0.3) is 5.91 Å². The minimum atomic E-state index is -0.588. The lowest BCUT2D eigenvalue weighted by atomic mass is 10.2. The van der Waals surface area contributed by atoms with E-state index in [9.17, 15) is 14.0 Å². The summed E-state index contributed by atoms with van der Waals surface area (Å²) in [6.07, 6.45) is 0. The minimum absolute atomic E-state index is 0.0352. The van der Waals surface area contributed by atoms with Crippen LogP contribution in [-0.2, 0) is 4.79 Å². The Hall–Kier alpha value is -3.52. The molecule has 6 nitrogen and oxygen atoms in total. The molecule has 166 valence electrons. The van der Waals surface area contributed by atoms with E-state index in [4.69, 9.17) is 9.47 Å². The van der Waals surface area contributed by atoms with E-state index in [0.29, 0.717) is 22.9 Å². The number of anilines is 2. The summed E-state index contributed by atoms with van der Waals surface area (Å²) >= 11 is 1.33. The van der Waals surface area contributed by atoms with Gasteiger partial charge in [-0.05, 0) is 37.3 Å². The van der Waals surface area contributed by atoms with E-state index in [2.05, 4.69) is 10.6 Å². The Bertz CT molecular complexity index is 1100. The highest BCUT2D eigenvalue weighted by Crippen LogP contribution is 2.29. The van der Waals surface area contributed by atoms with Crippen LogP contribution in [0.3, 0.4) is 0 Å². The van der Waals surface area contributed by atoms with Crippen LogP contribution in [0.25, 0.3) is 0 Å². The molecule has 3 rings (SSSR count). The van der Waals surface area contributed by atoms with Crippen molar-refractivity contribution in [2.45, 2.75) is 17.1 Å². The quantitative estimate of drug-likeness (QED) is 0.457. The van der Waals surface area contributed by atoms with Gasteiger partial charge in [-0.15, -0.1) is 11.8 Å². The lowest BCUT2D eigenvalue weighted by Gasteiger charge is -2.14. The molecule has 0 saturated carbocycles. The number of carbonyl (C=O) groups excluding carboxylic acids is 2. The molecule has 2 amide bonds. The van der Waals surface area contributed by atoms with Gasteiger partial charge in [-0.2, -0.15) is 0 Å². The average Bonchev–Trinajstić information content (AvgIpc) is 2.79. The highest BCUT2D eigenvalue weighted by atomic mass is 32.2. The van der Waals surface area contributed by atoms with E-state index in [1.807, 2.05) is 6.07 Å². The van der Waals surface area contributed by atoms with Crippen LogP contribution in [0.15, 0.2) is 71.6 Å². The van der Waals surface area contributed by atoms with Crippen molar-refractivity contribution in [1.29, 1.82) is 0 Å². The first-order valence-electron chi connectivity index (χ1n) is 9.76. The Morgan fingerprint density at radius 2 is 1.56 bits per heavy atom. The van der Waals surface area contributed by atoms with Gasteiger partial charge in [0.05, 0.1) is 25.0 Å². The third kappa shape index (κ3) is 6.01. The van der Waals surface area contributed by atoms with Gasteiger partial charge < -0.3 is 20.1 Å². The molecule has 0 aliphatic heterocycles. The molecule has 3 aromatic carbocycles. The van der Waals surface area contributed by atoms with Gasteiger partial charge in [0.2, 0.25) is 5.91 Å². The van der Waals surface area contributed by atoms with Gasteiger partial charge >= 0.3 is 0 Å². The van der Waals surface area contributed by atoms with Crippen molar-refractivity contribution < 1.29 is 23.5 Å². The van der Waals surface area contributed by atoms with Crippen LogP contribution in [0.5, 0.6) is 11.5 Å². The maximum absolute atomic E-state index is 13.8. The molecule has 1 atom stereocenters. The van der Waals surface area contributed by atoms with E-state index < -0.39 is 17.0 Å². The monoisotopic (exact) mass is 454 g/mol. The van der Waals surface area contributed by atoms with E-state index in [-0.39, 0.29) is 11.5 Å². The molecule has 32 heavy (non-hydrogen) atoms. The van der Waals surface area contributed by atoms with E-state index >= 15 is 0 Å². The lowest BCUT2D eigenvalue weighted by molar-refractivity contribution is -0.115. The fourth-order valence-corrected chi connectivity index (χ4v) is 3.80. The van der Waals surface area contributed by atoms with Crippen LogP contribution in [0, 0.1) is 5.82 Å². The van der Waals surface area contributed by atoms with Crippen LogP contribution < -0.4 is 20.1 Å². The molecule has 0 heterocycles. The Kier molecular flexibility index (Phi) is 7.72. The molecule has 0 spiro atoms. The molecule has 0 saturated heterocycles. The first-order valence-corrected chi connectivity index (χ1v) is 10.6. The highest BCUT2D eigenvalue weighted by Gasteiger charge is 2.17. The van der Waals surface area contributed by atoms with Crippen molar-refractivity contribution in [2.24, 2.45) is 0 Å². The number of thioether (sulfide) groups is 1. The van der Waals surface area contributed by atoms with Crippen LogP contribution in [0.1, 0.15) is 17.3 Å². The normalized spacial score (nSPS) is 11.4. The molecular weight excluding hydrogens is 431 g/mol. The predicted molar refractivity (Wildman–Crippen MR) is 124 cm³/mol. The maximum atomic E-state index is 13.8. The molecule has 2 N–H and O–H groups in total. The second kappa shape index (κ2) is 10.7. The molecular formula is C24H23FN2O4S. The van der Waals surface area contributed by atoms with Crippen molar-refractivity contribution in [3.05, 3.63) is 78.1 Å². The third-order valence-corrected chi connectivity index (χ3v) is 5.61. The van der Waals surface area contributed by atoms with Crippen LogP contribution in [0.2, 0.25) is 0 Å². The topological polar surface area (TPSA) is 76.7 Å². The summed E-state index contributed by atoms with van der Waals surface area (Å²) < 4.78 is 24.3. The van der Waals surface area contributed by atoms with Gasteiger partial charge in [0.15, 0.2) is 0 Å². The molecule has 8 heteroatoms. The molecule has 0 aliphatic carbocycles. The maximum Gasteiger partial charge on any atom is 0.258 e. The first-order chi connectivity index (χ1) is 15.4. The zero-order valence-corrected chi connectivity index (χ0v) is 18.7. The molecule has 0 fully saturated rings. The number of nitrogens with one attached hydrogen (secondary N) is 2. The number of rotatable bonds is 8. The van der Waals surface area contributed by atoms with Gasteiger partial charge in [0.1, 0.15) is 17.3 Å². The summed E-state index contributed by atoms with van der Waals surface area (Å²) in [4.78, 5) is 25.8. The van der Waals surface area contributed by atoms with Crippen molar-refractivity contribution in [3.63, 3.8) is 0 Å². The standard InChI is InChI=1S/C24H23FN2O4S/c1-15(23(28)27-17-11-18(30-2)14-19(12-17)31-3)32-20-8-6-7-16(13-20)26-24(29)21-9-4-5-10-22(21)25/h4-15H,1-3H3,(H,26,29)(H,27,28). The van der Waals surface area contributed by atoms with Gasteiger partial charge in [-0.3, -0.25) is 9.59 Å². The zero-order valence-electron chi connectivity index (χ0n) is 17.8. The van der Waals surface area contributed by atoms with E-state index in [0.717, 1.165) is 4.90 Å². The Labute approximate surface area is 190 Å². The first kappa shape index (κ1) is 23.1. The second-order valence-electron chi connectivity index (χ2n) is 6.81. The summed E-state index contributed by atoms with van der Waals surface area (Å²) in [6, 6.07) is 17.9. The van der Waals surface area contributed by atoms with E-state index in [1.165, 1.54) is 44.2 Å². The molecule has 0 aromatic heterocycles. The number of methoxy groups -OCH3 is 2. The number of benzene rings is 3. The van der Waals surface area contributed by atoms with Crippen molar-refractivity contribution in [3.8, 4) is 11.5 Å². The van der Waals surface area contributed by atoms with Crippen molar-refractivity contribution >= 4 is 35.0 Å². The zero-order chi connectivity index (χ0) is 23.1. The predicted octanol–water partition coefficient (Wildman–Crippen LogP) is 5.21. The summed E-state index contributed by atoms with van der Waals surface area (Å²) in [6.45, 7) is 1.78. The fraction of sp³-hybridized carbons (Fsp3) is 0.167. The number of ether oxygens (including phenoxy) is 2. The summed E-state index contributed by atoms with van der Waals surface area (Å²) in [5, 5.41) is 5.12. The minimum Gasteiger partial charge on any atom is -0.497 e. The second-order valence-corrected chi connectivity index (χ2v) is 8.23. The Morgan fingerprint density at radius 1 is 0.875 bits per heavy atom. The Balaban J connectivity index is 1.65. The smallest absolute Gasteiger partial charge is 0.258 e. The molecule has 0 aliphatic rings. The number of carbonyl (C=O) groups is 2.